The lowest BCUT2D eigenvalue weighted by Gasteiger charge is -2.25. The van der Waals surface area contributed by atoms with Crippen molar-refractivity contribution in [2.45, 2.75) is 31.8 Å². The van der Waals surface area contributed by atoms with Crippen LogP contribution in [0.5, 0.6) is 0 Å². The summed E-state index contributed by atoms with van der Waals surface area (Å²) < 4.78 is 0. The van der Waals surface area contributed by atoms with Crippen LogP contribution in [0.25, 0.3) is 0 Å². The molecule has 2 atom stereocenters. The normalized spacial score (nSPS) is 18.7. The SMILES string of the molecule is CC(C)c1ccc(NC(=O)N[C@H]2CN(c3ccc(C#N)nn3)C[C@@H]2N(C)C)cc1. The average molecular weight is 393 g/mol. The fourth-order valence-electron chi connectivity index (χ4n) is 3.48. The summed E-state index contributed by atoms with van der Waals surface area (Å²) in [6, 6.07) is 13.1. The lowest BCUT2D eigenvalue weighted by Crippen LogP contribution is -2.49. The number of urea groups is 1. The van der Waals surface area contributed by atoms with Crippen molar-refractivity contribution in [2.75, 3.05) is 37.4 Å². The van der Waals surface area contributed by atoms with Crippen molar-refractivity contribution in [3.05, 3.63) is 47.7 Å². The zero-order valence-electron chi connectivity index (χ0n) is 17.3. The summed E-state index contributed by atoms with van der Waals surface area (Å²) in [6.07, 6.45) is 0. The van der Waals surface area contributed by atoms with Crippen LogP contribution in [-0.2, 0) is 0 Å². The Hall–Kier alpha value is -3.18. The Bertz CT molecular complexity index is 871. The maximum Gasteiger partial charge on any atom is 0.319 e. The number of benzene rings is 1. The van der Waals surface area contributed by atoms with Gasteiger partial charge >= 0.3 is 6.03 Å². The highest BCUT2D eigenvalue weighted by molar-refractivity contribution is 5.89. The maximum atomic E-state index is 12.6. The Labute approximate surface area is 171 Å². The van der Waals surface area contributed by atoms with E-state index in [1.807, 2.05) is 44.4 Å². The molecule has 2 N–H and O–H groups in total. The van der Waals surface area contributed by atoms with Crippen LogP contribution in [0.1, 0.15) is 31.0 Å². The van der Waals surface area contributed by atoms with Gasteiger partial charge in [-0.15, -0.1) is 10.2 Å². The van der Waals surface area contributed by atoms with Gasteiger partial charge in [0.15, 0.2) is 11.5 Å². The summed E-state index contributed by atoms with van der Waals surface area (Å²) in [6.45, 7) is 5.60. The summed E-state index contributed by atoms with van der Waals surface area (Å²) in [4.78, 5) is 16.7. The minimum Gasteiger partial charge on any atom is -0.351 e. The smallest absolute Gasteiger partial charge is 0.319 e. The minimum absolute atomic E-state index is 0.0719. The van der Waals surface area contributed by atoms with Crippen LogP contribution in [0.3, 0.4) is 0 Å². The number of carbonyl (C=O) groups excluding carboxylic acids is 1. The van der Waals surface area contributed by atoms with Crippen molar-refractivity contribution < 1.29 is 4.79 Å². The molecule has 2 heterocycles. The fourth-order valence-corrected chi connectivity index (χ4v) is 3.48. The van der Waals surface area contributed by atoms with E-state index in [0.717, 1.165) is 5.69 Å². The van der Waals surface area contributed by atoms with E-state index >= 15 is 0 Å². The molecule has 0 bridgehead atoms. The van der Waals surface area contributed by atoms with Gasteiger partial charge in [-0.2, -0.15) is 5.26 Å². The van der Waals surface area contributed by atoms with Gasteiger partial charge in [0.1, 0.15) is 6.07 Å². The highest BCUT2D eigenvalue weighted by Crippen LogP contribution is 2.21. The van der Waals surface area contributed by atoms with Gasteiger partial charge in [-0.25, -0.2) is 4.79 Å². The number of hydrogen-bond acceptors (Lipinski definition) is 6. The number of nitriles is 1. The molecule has 2 aromatic rings. The monoisotopic (exact) mass is 393 g/mol. The third kappa shape index (κ3) is 5.00. The molecule has 8 heteroatoms. The number of carbonyl (C=O) groups is 1. The van der Waals surface area contributed by atoms with Crippen LogP contribution in [0.15, 0.2) is 36.4 Å². The predicted octanol–water partition coefficient (Wildman–Crippen LogP) is 2.41. The molecule has 1 saturated heterocycles. The van der Waals surface area contributed by atoms with Gasteiger partial charge in [0, 0.05) is 24.8 Å². The molecule has 1 aliphatic rings. The van der Waals surface area contributed by atoms with E-state index in [1.54, 1.807) is 12.1 Å². The van der Waals surface area contributed by atoms with E-state index in [-0.39, 0.29) is 23.8 Å². The summed E-state index contributed by atoms with van der Waals surface area (Å²) in [7, 11) is 3.99. The lowest BCUT2D eigenvalue weighted by molar-refractivity contribution is 0.235. The van der Waals surface area contributed by atoms with Crippen molar-refractivity contribution in [1.82, 2.24) is 20.4 Å². The van der Waals surface area contributed by atoms with E-state index in [0.29, 0.717) is 24.8 Å². The Kier molecular flexibility index (Phi) is 6.29. The summed E-state index contributed by atoms with van der Waals surface area (Å²) >= 11 is 0. The van der Waals surface area contributed by atoms with Crippen LogP contribution < -0.4 is 15.5 Å². The molecule has 3 rings (SSSR count). The van der Waals surface area contributed by atoms with Gasteiger partial charge in [-0.05, 0) is 49.8 Å². The Morgan fingerprint density at radius 1 is 1.17 bits per heavy atom. The first-order chi connectivity index (χ1) is 13.9. The molecule has 1 fully saturated rings. The largest absolute Gasteiger partial charge is 0.351 e. The van der Waals surface area contributed by atoms with Crippen LogP contribution in [-0.4, -0.2) is 60.4 Å². The van der Waals surface area contributed by atoms with Gasteiger partial charge < -0.3 is 20.4 Å². The summed E-state index contributed by atoms with van der Waals surface area (Å²) in [5.41, 5.74) is 2.29. The second kappa shape index (κ2) is 8.88. The van der Waals surface area contributed by atoms with Crippen LogP contribution >= 0.6 is 0 Å². The first-order valence-corrected chi connectivity index (χ1v) is 9.70. The first kappa shape index (κ1) is 20.6. The van der Waals surface area contributed by atoms with Gasteiger partial charge in [0.2, 0.25) is 0 Å². The molecular formula is C21H27N7O. The van der Waals surface area contributed by atoms with Crippen molar-refractivity contribution in [1.29, 1.82) is 5.26 Å². The van der Waals surface area contributed by atoms with Gasteiger partial charge in [0.25, 0.3) is 0 Å². The third-order valence-electron chi connectivity index (χ3n) is 5.19. The van der Waals surface area contributed by atoms with Crippen molar-refractivity contribution in [2.24, 2.45) is 0 Å². The number of aromatic nitrogens is 2. The molecule has 0 saturated carbocycles. The van der Waals surface area contributed by atoms with E-state index in [1.165, 1.54) is 5.56 Å². The number of hydrogen-bond donors (Lipinski definition) is 2. The molecular weight excluding hydrogens is 366 g/mol. The topological polar surface area (TPSA) is 97.2 Å². The highest BCUT2D eigenvalue weighted by atomic mass is 16.2. The number of nitrogens with one attached hydrogen (secondary N) is 2. The van der Waals surface area contributed by atoms with E-state index in [4.69, 9.17) is 5.26 Å². The van der Waals surface area contributed by atoms with Gasteiger partial charge in [-0.3, -0.25) is 0 Å². The Morgan fingerprint density at radius 3 is 2.45 bits per heavy atom. The third-order valence-corrected chi connectivity index (χ3v) is 5.19. The maximum absolute atomic E-state index is 12.6. The second-order valence-corrected chi connectivity index (χ2v) is 7.81. The molecule has 29 heavy (non-hydrogen) atoms. The fraction of sp³-hybridized carbons (Fsp3) is 0.429. The molecule has 2 amide bonds. The molecule has 0 spiro atoms. The number of nitrogens with zero attached hydrogens (tertiary/aromatic N) is 5. The zero-order valence-corrected chi connectivity index (χ0v) is 17.3. The molecule has 1 aromatic heterocycles. The van der Waals surface area contributed by atoms with E-state index in [2.05, 4.69) is 44.5 Å². The minimum atomic E-state index is -0.230. The Morgan fingerprint density at radius 2 is 1.90 bits per heavy atom. The van der Waals surface area contributed by atoms with E-state index in [9.17, 15) is 4.79 Å². The van der Waals surface area contributed by atoms with Crippen molar-refractivity contribution in [3.8, 4) is 6.07 Å². The zero-order chi connectivity index (χ0) is 21.0. The van der Waals surface area contributed by atoms with E-state index < -0.39 is 0 Å². The molecule has 152 valence electrons. The average Bonchev–Trinajstić information content (AvgIpc) is 3.12. The Balaban J connectivity index is 1.64. The lowest BCUT2D eigenvalue weighted by atomic mass is 10.0. The second-order valence-electron chi connectivity index (χ2n) is 7.81. The number of anilines is 2. The molecule has 0 radical (unpaired) electrons. The predicted molar refractivity (Wildman–Crippen MR) is 113 cm³/mol. The van der Waals surface area contributed by atoms with Gasteiger partial charge in [-0.1, -0.05) is 26.0 Å². The summed E-state index contributed by atoms with van der Waals surface area (Å²) in [5.74, 6) is 1.15. The molecule has 0 aliphatic carbocycles. The number of likely N-dealkylation sites (N-methyl/N-ethyl adjacent to an activating group) is 1. The molecule has 0 unspecified atom stereocenters. The van der Waals surface area contributed by atoms with Crippen LogP contribution in [0.2, 0.25) is 0 Å². The number of rotatable bonds is 5. The van der Waals surface area contributed by atoms with Gasteiger partial charge in [0.05, 0.1) is 6.04 Å². The summed E-state index contributed by atoms with van der Waals surface area (Å²) in [5, 5.41) is 22.9. The number of amides is 2. The highest BCUT2D eigenvalue weighted by Gasteiger charge is 2.36. The molecule has 1 aliphatic heterocycles. The standard InChI is InChI=1S/C21H27N7O/c1-14(2)15-5-7-16(8-6-15)23-21(29)24-18-12-28(13-19(18)27(3)4)20-10-9-17(11-22)25-26-20/h5-10,14,18-19H,12-13H2,1-4H3,(H2,23,24,29)/t18-,19-/m0/s1. The molecule has 8 nitrogen and oxygen atoms in total. The van der Waals surface area contributed by atoms with Crippen LogP contribution in [0.4, 0.5) is 16.3 Å². The van der Waals surface area contributed by atoms with Crippen molar-refractivity contribution >= 4 is 17.5 Å². The first-order valence-electron chi connectivity index (χ1n) is 9.70. The van der Waals surface area contributed by atoms with Crippen molar-refractivity contribution in [3.63, 3.8) is 0 Å². The van der Waals surface area contributed by atoms with Crippen LogP contribution in [0, 0.1) is 11.3 Å². The quantitative estimate of drug-likeness (QED) is 0.810. The molecule has 1 aromatic carbocycles.